The van der Waals surface area contributed by atoms with E-state index in [0.29, 0.717) is 5.92 Å². The quantitative estimate of drug-likeness (QED) is 0.869. The van der Waals surface area contributed by atoms with Crippen LogP contribution in [0.3, 0.4) is 0 Å². The molecule has 104 valence electrons. The summed E-state index contributed by atoms with van der Waals surface area (Å²) in [7, 11) is 0. The summed E-state index contributed by atoms with van der Waals surface area (Å²) in [5.41, 5.74) is 1.87. The Morgan fingerprint density at radius 1 is 1.24 bits per heavy atom. The highest BCUT2D eigenvalue weighted by Gasteiger charge is 2.08. The van der Waals surface area contributed by atoms with Gasteiger partial charge in [-0.2, -0.15) is 10.5 Å². The van der Waals surface area contributed by atoms with Crippen molar-refractivity contribution >= 4 is 5.69 Å². The van der Waals surface area contributed by atoms with Crippen LogP contribution in [-0.4, -0.2) is 9.55 Å². The molecule has 2 aromatic rings. The first-order valence-corrected chi connectivity index (χ1v) is 6.56. The van der Waals surface area contributed by atoms with Gasteiger partial charge in [0.25, 0.3) is 0 Å². The smallest absolute Gasteiger partial charge is 0.145 e. The van der Waals surface area contributed by atoms with Crippen molar-refractivity contribution in [1.29, 1.82) is 10.5 Å². The van der Waals surface area contributed by atoms with Crippen molar-refractivity contribution in [3.8, 4) is 17.8 Å². The summed E-state index contributed by atoms with van der Waals surface area (Å²) in [6.07, 6.45) is 5.11. The first-order valence-electron chi connectivity index (χ1n) is 6.56. The van der Waals surface area contributed by atoms with E-state index in [-0.39, 0.29) is 5.57 Å². The van der Waals surface area contributed by atoms with Gasteiger partial charge < -0.3 is 9.88 Å². The maximum atomic E-state index is 8.66. The Bertz CT molecular complexity index is 707. The number of aromatic nitrogens is 2. The lowest BCUT2D eigenvalue weighted by Crippen LogP contribution is -2.02. The zero-order valence-corrected chi connectivity index (χ0v) is 11.9. The van der Waals surface area contributed by atoms with Crippen LogP contribution in [0.1, 0.15) is 25.6 Å². The summed E-state index contributed by atoms with van der Waals surface area (Å²) in [5.74, 6) is 1.35. The van der Waals surface area contributed by atoms with E-state index in [2.05, 4.69) is 24.1 Å². The fourth-order valence-corrected chi connectivity index (χ4v) is 1.92. The second kappa shape index (κ2) is 6.40. The van der Waals surface area contributed by atoms with E-state index < -0.39 is 0 Å². The summed E-state index contributed by atoms with van der Waals surface area (Å²) in [5, 5.41) is 20.3. The monoisotopic (exact) mass is 277 g/mol. The van der Waals surface area contributed by atoms with E-state index in [0.717, 1.165) is 17.2 Å². The molecule has 1 aromatic heterocycles. The number of rotatable bonds is 4. The van der Waals surface area contributed by atoms with Crippen LogP contribution in [0.2, 0.25) is 0 Å². The molecule has 5 nitrogen and oxygen atoms in total. The number of benzene rings is 1. The van der Waals surface area contributed by atoms with Gasteiger partial charge >= 0.3 is 0 Å². The molecule has 0 spiro atoms. The van der Waals surface area contributed by atoms with Crippen LogP contribution in [0, 0.1) is 22.7 Å². The molecule has 21 heavy (non-hydrogen) atoms. The molecule has 1 heterocycles. The molecule has 2 rings (SSSR count). The van der Waals surface area contributed by atoms with Gasteiger partial charge in [-0.05, 0) is 24.3 Å². The molecule has 1 N–H and O–H groups in total. The minimum absolute atomic E-state index is 0.0378. The summed E-state index contributed by atoms with van der Waals surface area (Å²) < 4.78 is 2.04. The minimum atomic E-state index is 0.0378. The average Bonchev–Trinajstić information content (AvgIpc) is 2.98. The topological polar surface area (TPSA) is 77.4 Å². The number of nitrogens with zero attached hydrogens (tertiary/aromatic N) is 4. The number of hydrogen-bond acceptors (Lipinski definition) is 4. The molecular formula is C16H15N5. The van der Waals surface area contributed by atoms with Gasteiger partial charge in [-0.25, -0.2) is 4.98 Å². The van der Waals surface area contributed by atoms with E-state index in [9.17, 15) is 0 Å². The molecule has 0 aliphatic rings. The largest absolute Gasteiger partial charge is 0.360 e. The Hall–Kier alpha value is -3.05. The maximum absolute atomic E-state index is 8.66. The molecule has 0 atom stereocenters. The summed E-state index contributed by atoms with van der Waals surface area (Å²) >= 11 is 0. The zero-order chi connectivity index (χ0) is 15.2. The average molecular weight is 277 g/mol. The fraction of sp³-hybridized carbons (Fsp3) is 0.188. The van der Waals surface area contributed by atoms with Crippen LogP contribution in [0.15, 0.2) is 48.4 Å². The predicted molar refractivity (Wildman–Crippen MR) is 80.6 cm³/mol. The highest BCUT2D eigenvalue weighted by atomic mass is 15.1. The molecule has 0 aliphatic carbocycles. The Balaban J connectivity index is 2.20. The Labute approximate surface area is 123 Å². The van der Waals surface area contributed by atoms with Crippen LogP contribution in [-0.2, 0) is 0 Å². The van der Waals surface area contributed by atoms with Crippen LogP contribution in [0.5, 0.6) is 0 Å². The third kappa shape index (κ3) is 3.29. The highest BCUT2D eigenvalue weighted by Crippen LogP contribution is 2.19. The Morgan fingerprint density at radius 3 is 2.48 bits per heavy atom. The van der Waals surface area contributed by atoms with Gasteiger partial charge in [0.2, 0.25) is 0 Å². The summed E-state index contributed by atoms with van der Waals surface area (Å²) in [6.45, 7) is 4.20. The van der Waals surface area contributed by atoms with Crippen molar-refractivity contribution in [2.45, 2.75) is 19.8 Å². The number of imidazole rings is 1. The Morgan fingerprint density at radius 2 is 1.90 bits per heavy atom. The van der Waals surface area contributed by atoms with E-state index in [1.54, 1.807) is 18.3 Å². The fourth-order valence-electron chi connectivity index (χ4n) is 1.92. The van der Waals surface area contributed by atoms with Crippen molar-refractivity contribution in [1.82, 2.24) is 9.55 Å². The normalized spacial score (nSPS) is 9.76. The number of hydrogen-bond donors (Lipinski definition) is 1. The van der Waals surface area contributed by atoms with Crippen LogP contribution >= 0.6 is 0 Å². The van der Waals surface area contributed by atoms with E-state index in [4.69, 9.17) is 10.5 Å². The van der Waals surface area contributed by atoms with Gasteiger partial charge in [-0.3, -0.25) is 0 Å². The second-order valence-electron chi connectivity index (χ2n) is 4.78. The molecule has 0 fully saturated rings. The molecular weight excluding hydrogens is 262 g/mol. The molecule has 5 heteroatoms. The lowest BCUT2D eigenvalue weighted by Gasteiger charge is -2.11. The lowest BCUT2D eigenvalue weighted by molar-refractivity contribution is 0.752. The molecule has 0 amide bonds. The third-order valence-corrected chi connectivity index (χ3v) is 2.96. The number of nitriles is 2. The SMILES string of the molecule is CC(C)c1nccn1-c1ccc(NC=C(C#N)C#N)cc1. The number of allylic oxidation sites excluding steroid dienone is 1. The van der Waals surface area contributed by atoms with Crippen molar-refractivity contribution < 1.29 is 0 Å². The first kappa shape index (κ1) is 14.4. The first-order chi connectivity index (χ1) is 10.2. The lowest BCUT2D eigenvalue weighted by atomic mass is 10.2. The van der Waals surface area contributed by atoms with Gasteiger partial charge in [-0.1, -0.05) is 13.8 Å². The van der Waals surface area contributed by atoms with Gasteiger partial charge in [0.15, 0.2) is 0 Å². The van der Waals surface area contributed by atoms with Gasteiger partial charge in [0, 0.05) is 35.9 Å². The van der Waals surface area contributed by atoms with Crippen LogP contribution in [0.4, 0.5) is 5.69 Å². The van der Waals surface area contributed by atoms with Crippen LogP contribution in [0.25, 0.3) is 5.69 Å². The predicted octanol–water partition coefficient (Wildman–Crippen LogP) is 3.34. The molecule has 1 aromatic carbocycles. The highest BCUT2D eigenvalue weighted by molar-refractivity contribution is 5.52. The maximum Gasteiger partial charge on any atom is 0.145 e. The minimum Gasteiger partial charge on any atom is -0.360 e. The summed E-state index contributed by atoms with van der Waals surface area (Å²) in [6, 6.07) is 11.3. The molecule has 0 radical (unpaired) electrons. The van der Waals surface area contributed by atoms with Crippen molar-refractivity contribution in [2.24, 2.45) is 0 Å². The standard InChI is InChI=1S/C16H15N5/c1-12(2)16-19-7-8-21(16)15-5-3-14(4-6-15)20-11-13(9-17)10-18/h3-8,11-12,20H,1-2H3. The third-order valence-electron chi connectivity index (χ3n) is 2.96. The van der Waals surface area contributed by atoms with Crippen molar-refractivity contribution in [3.05, 3.63) is 54.3 Å². The Kier molecular flexibility index (Phi) is 4.38. The molecule has 0 aliphatic heterocycles. The van der Waals surface area contributed by atoms with Gasteiger partial charge in [0.1, 0.15) is 23.5 Å². The van der Waals surface area contributed by atoms with Gasteiger partial charge in [-0.15, -0.1) is 0 Å². The van der Waals surface area contributed by atoms with Crippen LogP contribution < -0.4 is 5.32 Å². The van der Waals surface area contributed by atoms with E-state index in [1.165, 1.54) is 6.20 Å². The molecule has 0 saturated heterocycles. The zero-order valence-electron chi connectivity index (χ0n) is 11.9. The molecule has 0 unspecified atom stereocenters. The van der Waals surface area contributed by atoms with Gasteiger partial charge in [0.05, 0.1) is 0 Å². The number of nitrogens with one attached hydrogen (secondary N) is 1. The summed E-state index contributed by atoms with van der Waals surface area (Å²) in [4.78, 5) is 4.36. The second-order valence-corrected chi connectivity index (χ2v) is 4.78. The van der Waals surface area contributed by atoms with E-state index >= 15 is 0 Å². The van der Waals surface area contributed by atoms with Crippen molar-refractivity contribution in [3.63, 3.8) is 0 Å². The molecule has 0 bridgehead atoms. The molecule has 0 saturated carbocycles. The van der Waals surface area contributed by atoms with E-state index in [1.807, 2.05) is 35.0 Å². The van der Waals surface area contributed by atoms with Crippen molar-refractivity contribution in [2.75, 3.05) is 5.32 Å². The number of anilines is 1.